The molecule has 5 nitrogen and oxygen atoms in total. The number of allylic oxidation sites excluding steroid dienone is 3. The first-order valence-corrected chi connectivity index (χ1v) is 9.10. The molecule has 0 aliphatic rings. The van der Waals surface area contributed by atoms with Crippen LogP contribution in [0.2, 0.25) is 0 Å². The molecule has 0 unspecified atom stereocenters. The standard InChI is InChI=1S/C23H26N2O3/c1-4-22(14-18(2)24-17-26)28-16-21-13-9-8-12-20(21)15-25(3)23(27)19-10-6-5-7-11-19/h4-14,17H,15-16H2,1-3H3,(H,24,26)/b18-14-,22-4+. The number of hydrogen-bond acceptors (Lipinski definition) is 3. The van der Waals surface area contributed by atoms with E-state index in [1.54, 1.807) is 24.9 Å². The van der Waals surface area contributed by atoms with Gasteiger partial charge in [-0.25, -0.2) is 0 Å². The molecule has 0 radical (unpaired) electrons. The summed E-state index contributed by atoms with van der Waals surface area (Å²) in [5.41, 5.74) is 3.39. The molecule has 2 rings (SSSR count). The van der Waals surface area contributed by atoms with E-state index in [2.05, 4.69) is 5.32 Å². The number of benzene rings is 2. The van der Waals surface area contributed by atoms with Gasteiger partial charge in [0.25, 0.3) is 5.91 Å². The molecule has 28 heavy (non-hydrogen) atoms. The topological polar surface area (TPSA) is 58.6 Å². The summed E-state index contributed by atoms with van der Waals surface area (Å²) in [4.78, 5) is 24.8. The molecule has 5 heteroatoms. The van der Waals surface area contributed by atoms with Gasteiger partial charge in [0.15, 0.2) is 0 Å². The molecule has 0 fully saturated rings. The molecule has 1 N–H and O–H groups in total. The van der Waals surface area contributed by atoms with Gasteiger partial charge >= 0.3 is 0 Å². The highest BCUT2D eigenvalue weighted by atomic mass is 16.5. The molecule has 0 aliphatic heterocycles. The van der Waals surface area contributed by atoms with Crippen LogP contribution < -0.4 is 5.32 Å². The van der Waals surface area contributed by atoms with E-state index in [9.17, 15) is 9.59 Å². The van der Waals surface area contributed by atoms with Crippen molar-refractivity contribution in [2.24, 2.45) is 0 Å². The van der Waals surface area contributed by atoms with Crippen molar-refractivity contribution in [3.05, 3.63) is 94.9 Å². The largest absolute Gasteiger partial charge is 0.489 e. The third-order valence-corrected chi connectivity index (χ3v) is 4.22. The van der Waals surface area contributed by atoms with Gasteiger partial charge in [0.1, 0.15) is 12.4 Å². The second kappa shape index (κ2) is 10.7. The number of amides is 2. The lowest BCUT2D eigenvalue weighted by Crippen LogP contribution is -2.26. The Balaban J connectivity index is 2.07. The monoisotopic (exact) mass is 378 g/mol. The number of nitrogens with zero attached hydrogens (tertiary/aromatic N) is 1. The minimum atomic E-state index is -0.0241. The molecule has 0 atom stereocenters. The van der Waals surface area contributed by atoms with Gasteiger partial charge in [0.2, 0.25) is 6.41 Å². The van der Waals surface area contributed by atoms with E-state index in [0.717, 1.165) is 11.1 Å². The third kappa shape index (κ3) is 6.13. The van der Waals surface area contributed by atoms with Crippen LogP contribution in [0.1, 0.15) is 35.3 Å². The van der Waals surface area contributed by atoms with Gasteiger partial charge in [-0.2, -0.15) is 0 Å². The molecular weight excluding hydrogens is 352 g/mol. The summed E-state index contributed by atoms with van der Waals surface area (Å²) in [6.07, 6.45) is 4.24. The molecule has 0 saturated heterocycles. The van der Waals surface area contributed by atoms with Crippen LogP contribution in [-0.2, 0) is 22.7 Å². The van der Waals surface area contributed by atoms with E-state index < -0.39 is 0 Å². The molecule has 0 heterocycles. The van der Waals surface area contributed by atoms with Crippen molar-refractivity contribution in [3.8, 4) is 0 Å². The van der Waals surface area contributed by atoms with Gasteiger partial charge in [0, 0.05) is 24.9 Å². The highest BCUT2D eigenvalue weighted by Crippen LogP contribution is 2.16. The predicted molar refractivity (Wildman–Crippen MR) is 110 cm³/mol. The molecule has 0 aromatic heterocycles. The molecule has 2 amide bonds. The highest BCUT2D eigenvalue weighted by molar-refractivity contribution is 5.93. The molecule has 2 aromatic carbocycles. The fourth-order valence-corrected chi connectivity index (χ4v) is 2.70. The van der Waals surface area contributed by atoms with E-state index in [1.165, 1.54) is 0 Å². The Labute approximate surface area is 166 Å². The van der Waals surface area contributed by atoms with Crippen LogP contribution in [0.15, 0.2) is 78.2 Å². The van der Waals surface area contributed by atoms with Crippen LogP contribution in [0.3, 0.4) is 0 Å². The molecule has 0 saturated carbocycles. The molecule has 0 bridgehead atoms. The fourth-order valence-electron chi connectivity index (χ4n) is 2.70. The lowest BCUT2D eigenvalue weighted by molar-refractivity contribution is -0.108. The smallest absolute Gasteiger partial charge is 0.253 e. The Morgan fingerprint density at radius 2 is 1.71 bits per heavy atom. The zero-order chi connectivity index (χ0) is 20.4. The number of ether oxygens (including phenoxy) is 1. The SMILES string of the molecule is C/C=C(\C=C(\C)NC=O)OCc1ccccc1CN(C)C(=O)c1ccccc1. The Morgan fingerprint density at radius 3 is 2.36 bits per heavy atom. The van der Waals surface area contributed by atoms with Crippen molar-refractivity contribution >= 4 is 12.3 Å². The van der Waals surface area contributed by atoms with Gasteiger partial charge < -0.3 is 15.0 Å². The molecule has 146 valence electrons. The molecule has 0 aliphatic carbocycles. The maximum absolute atomic E-state index is 12.6. The number of rotatable bonds is 9. The van der Waals surface area contributed by atoms with Gasteiger partial charge in [-0.3, -0.25) is 9.59 Å². The third-order valence-electron chi connectivity index (χ3n) is 4.22. The average molecular weight is 378 g/mol. The summed E-state index contributed by atoms with van der Waals surface area (Å²) in [5.74, 6) is 0.638. The first kappa shape index (κ1) is 21.0. The molecule has 2 aromatic rings. The van der Waals surface area contributed by atoms with Crippen LogP contribution in [0.4, 0.5) is 0 Å². The second-order valence-corrected chi connectivity index (χ2v) is 6.37. The number of hydrogen-bond donors (Lipinski definition) is 1. The molecule has 0 spiro atoms. The highest BCUT2D eigenvalue weighted by Gasteiger charge is 2.13. The Morgan fingerprint density at radius 1 is 1.07 bits per heavy atom. The Kier molecular flexibility index (Phi) is 8.03. The van der Waals surface area contributed by atoms with Crippen molar-refractivity contribution in [2.75, 3.05) is 7.05 Å². The van der Waals surface area contributed by atoms with Gasteiger partial charge in [-0.1, -0.05) is 42.5 Å². The first-order chi connectivity index (χ1) is 13.5. The van der Waals surface area contributed by atoms with Crippen LogP contribution >= 0.6 is 0 Å². The lowest BCUT2D eigenvalue weighted by atomic mass is 10.1. The lowest BCUT2D eigenvalue weighted by Gasteiger charge is -2.20. The minimum Gasteiger partial charge on any atom is -0.489 e. The number of carbonyl (C=O) groups excluding carboxylic acids is 2. The zero-order valence-corrected chi connectivity index (χ0v) is 16.5. The van der Waals surface area contributed by atoms with Crippen LogP contribution in [-0.4, -0.2) is 24.3 Å². The summed E-state index contributed by atoms with van der Waals surface area (Å²) >= 11 is 0. The number of carbonyl (C=O) groups is 2. The van der Waals surface area contributed by atoms with E-state index in [0.29, 0.717) is 36.6 Å². The summed E-state index contributed by atoms with van der Waals surface area (Å²) < 4.78 is 5.89. The second-order valence-electron chi connectivity index (χ2n) is 6.37. The Hall–Kier alpha value is -3.34. The number of nitrogens with one attached hydrogen (secondary N) is 1. The van der Waals surface area contributed by atoms with Crippen molar-refractivity contribution in [3.63, 3.8) is 0 Å². The normalized spacial score (nSPS) is 11.7. The Bertz CT molecular complexity index is 857. The summed E-state index contributed by atoms with van der Waals surface area (Å²) in [6, 6.07) is 17.1. The van der Waals surface area contributed by atoms with Crippen LogP contribution in [0.25, 0.3) is 0 Å². The first-order valence-electron chi connectivity index (χ1n) is 9.10. The zero-order valence-electron chi connectivity index (χ0n) is 16.5. The van der Waals surface area contributed by atoms with Crippen LogP contribution in [0.5, 0.6) is 0 Å². The quantitative estimate of drug-likeness (QED) is 0.407. The van der Waals surface area contributed by atoms with E-state index in [-0.39, 0.29) is 5.91 Å². The summed E-state index contributed by atoms with van der Waals surface area (Å²) in [5, 5.41) is 2.59. The summed E-state index contributed by atoms with van der Waals surface area (Å²) in [6.45, 7) is 4.52. The predicted octanol–water partition coefficient (Wildman–Crippen LogP) is 4.03. The van der Waals surface area contributed by atoms with Crippen molar-refractivity contribution < 1.29 is 14.3 Å². The van der Waals surface area contributed by atoms with Gasteiger partial charge in [-0.15, -0.1) is 0 Å². The van der Waals surface area contributed by atoms with E-state index >= 15 is 0 Å². The van der Waals surface area contributed by atoms with Crippen molar-refractivity contribution in [2.45, 2.75) is 27.0 Å². The minimum absolute atomic E-state index is 0.0241. The fraction of sp³-hybridized carbons (Fsp3) is 0.217. The van der Waals surface area contributed by atoms with E-state index in [4.69, 9.17) is 4.74 Å². The van der Waals surface area contributed by atoms with E-state index in [1.807, 2.05) is 67.6 Å². The van der Waals surface area contributed by atoms with Gasteiger partial charge in [0.05, 0.1) is 0 Å². The van der Waals surface area contributed by atoms with Crippen LogP contribution in [0, 0.1) is 0 Å². The summed E-state index contributed by atoms with van der Waals surface area (Å²) in [7, 11) is 1.79. The van der Waals surface area contributed by atoms with Crippen molar-refractivity contribution in [1.82, 2.24) is 10.2 Å². The maximum atomic E-state index is 12.6. The van der Waals surface area contributed by atoms with Gasteiger partial charge in [-0.05, 0) is 49.3 Å². The maximum Gasteiger partial charge on any atom is 0.253 e. The van der Waals surface area contributed by atoms with Crippen molar-refractivity contribution in [1.29, 1.82) is 0 Å². The molecular formula is C23H26N2O3. The average Bonchev–Trinajstić information content (AvgIpc) is 2.72.